The standard InChI is InChI=1S/C45H49N5O3S/c1-29-25-32(11-12-33-17-19-45(26-33)20-23-49(24-21-45)27-30(2)51)13-14-35(29)36-15-16-41(47-42(36)31(3)52)50-22-18-34-7-6-8-37(38(34)28-50)43(53)48-44-46-39-9-4-5-10-40(39)54-44/h4-10,13-16,25,33H,11-12,17-24,26-28H2,1-3H3,(H,46,48,53). The number of nitrogens with zero attached hydrogens (tertiary/aromatic N) is 4. The summed E-state index contributed by atoms with van der Waals surface area (Å²) in [4.78, 5) is 52.4. The number of nitrogens with one attached hydrogen (secondary N) is 1. The normalized spacial score (nSPS) is 18.2. The fraction of sp³-hybridized carbons (Fsp3) is 0.400. The molecule has 8 nitrogen and oxygen atoms in total. The minimum absolute atomic E-state index is 0.0640. The smallest absolute Gasteiger partial charge is 0.257 e. The molecule has 1 saturated heterocycles. The molecule has 0 bridgehead atoms. The van der Waals surface area contributed by atoms with E-state index in [0.717, 1.165) is 82.2 Å². The van der Waals surface area contributed by atoms with Gasteiger partial charge in [0.1, 0.15) is 17.3 Å². The molecule has 1 spiro atoms. The molecular weight excluding hydrogens is 691 g/mol. The summed E-state index contributed by atoms with van der Waals surface area (Å²) in [5, 5.41) is 3.61. The van der Waals surface area contributed by atoms with Crippen LogP contribution in [0.4, 0.5) is 10.9 Å². The molecular formula is C45H49N5O3S. The van der Waals surface area contributed by atoms with Gasteiger partial charge in [0, 0.05) is 31.1 Å². The Bertz CT molecular complexity index is 2200. The number of piperidine rings is 1. The highest BCUT2D eigenvalue weighted by Gasteiger charge is 2.41. The molecule has 3 aromatic carbocycles. The number of anilines is 2. The lowest BCUT2D eigenvalue weighted by molar-refractivity contribution is -0.118. The monoisotopic (exact) mass is 739 g/mol. The summed E-state index contributed by atoms with van der Waals surface area (Å²) >= 11 is 1.47. The van der Waals surface area contributed by atoms with E-state index in [1.54, 1.807) is 13.8 Å². The number of carbonyl (C=O) groups is 3. The van der Waals surface area contributed by atoms with Crippen molar-refractivity contribution < 1.29 is 14.4 Å². The van der Waals surface area contributed by atoms with Crippen LogP contribution in [0.2, 0.25) is 0 Å². The topological polar surface area (TPSA) is 95.5 Å². The first-order valence-electron chi connectivity index (χ1n) is 19.5. The molecule has 2 aromatic heterocycles. The Balaban J connectivity index is 0.937. The molecule has 1 aliphatic carbocycles. The second kappa shape index (κ2) is 15.2. The number of fused-ring (bicyclic) bond motifs is 2. The van der Waals surface area contributed by atoms with Crippen LogP contribution >= 0.6 is 11.3 Å². The Hall–Kier alpha value is -4.73. The van der Waals surface area contributed by atoms with Crippen molar-refractivity contribution in [3.63, 3.8) is 0 Å². The number of thiazole rings is 1. The number of pyridine rings is 1. The Morgan fingerprint density at radius 2 is 1.72 bits per heavy atom. The molecule has 9 heteroatoms. The van der Waals surface area contributed by atoms with Crippen LogP contribution < -0.4 is 10.2 Å². The number of para-hydroxylation sites is 1. The molecule has 2 aliphatic heterocycles. The Morgan fingerprint density at radius 1 is 0.907 bits per heavy atom. The minimum atomic E-state index is -0.172. The van der Waals surface area contributed by atoms with Gasteiger partial charge in [0.15, 0.2) is 10.9 Å². The van der Waals surface area contributed by atoms with E-state index in [1.165, 1.54) is 55.4 Å². The number of hydrogen-bond donors (Lipinski definition) is 1. The number of hydrogen-bond acceptors (Lipinski definition) is 8. The van der Waals surface area contributed by atoms with Crippen LogP contribution in [0.25, 0.3) is 21.3 Å². The van der Waals surface area contributed by atoms with Crippen molar-refractivity contribution in [2.45, 2.75) is 78.7 Å². The molecule has 1 atom stereocenters. The quantitative estimate of drug-likeness (QED) is 0.143. The third-order valence-electron chi connectivity index (χ3n) is 12.2. The lowest BCUT2D eigenvalue weighted by atomic mass is 9.76. The number of amides is 1. The summed E-state index contributed by atoms with van der Waals surface area (Å²) in [6, 6.07) is 24.5. The van der Waals surface area contributed by atoms with Crippen molar-refractivity contribution in [2.24, 2.45) is 11.3 Å². The predicted molar refractivity (Wildman–Crippen MR) is 218 cm³/mol. The van der Waals surface area contributed by atoms with Gasteiger partial charge in [-0.25, -0.2) is 9.97 Å². The van der Waals surface area contributed by atoms with Gasteiger partial charge in [-0.3, -0.25) is 24.6 Å². The number of aryl methyl sites for hydroxylation is 2. The van der Waals surface area contributed by atoms with Crippen molar-refractivity contribution in [2.75, 3.05) is 36.4 Å². The molecule has 4 heterocycles. The SMILES string of the molecule is CC(=O)CN1CCC2(CCC(CCc3ccc(-c4ccc(N5CCc6cccc(C(=O)Nc7nc8ccccc8s7)c6C5)nc4C(C)=O)c(C)c3)C2)CC1. The number of benzene rings is 3. The van der Waals surface area contributed by atoms with Gasteiger partial charge in [0.2, 0.25) is 0 Å². The van der Waals surface area contributed by atoms with Crippen molar-refractivity contribution in [3.8, 4) is 11.1 Å². The first-order valence-corrected chi connectivity index (χ1v) is 20.3. The Labute approximate surface area is 322 Å². The first kappa shape index (κ1) is 36.3. The zero-order valence-electron chi connectivity index (χ0n) is 31.6. The molecule has 278 valence electrons. The minimum Gasteiger partial charge on any atom is -0.352 e. The highest BCUT2D eigenvalue weighted by atomic mass is 32.1. The summed E-state index contributed by atoms with van der Waals surface area (Å²) < 4.78 is 1.03. The molecule has 5 aromatic rings. The van der Waals surface area contributed by atoms with E-state index >= 15 is 0 Å². The molecule has 1 N–H and O–H groups in total. The van der Waals surface area contributed by atoms with Crippen LogP contribution in [-0.4, -0.2) is 58.5 Å². The lowest BCUT2D eigenvalue weighted by Crippen LogP contribution is -2.41. The van der Waals surface area contributed by atoms with E-state index < -0.39 is 0 Å². The van der Waals surface area contributed by atoms with Crippen LogP contribution in [0.15, 0.2) is 72.8 Å². The molecule has 1 saturated carbocycles. The molecule has 1 amide bonds. The average Bonchev–Trinajstić information content (AvgIpc) is 3.77. The van der Waals surface area contributed by atoms with Gasteiger partial charge in [-0.2, -0.15) is 0 Å². The maximum absolute atomic E-state index is 13.6. The van der Waals surface area contributed by atoms with E-state index in [9.17, 15) is 14.4 Å². The van der Waals surface area contributed by atoms with Crippen molar-refractivity contribution in [3.05, 3.63) is 106 Å². The van der Waals surface area contributed by atoms with Gasteiger partial charge in [-0.1, -0.05) is 53.8 Å². The molecule has 0 radical (unpaired) electrons. The van der Waals surface area contributed by atoms with E-state index in [-0.39, 0.29) is 17.5 Å². The average molecular weight is 740 g/mol. The Morgan fingerprint density at radius 3 is 2.50 bits per heavy atom. The summed E-state index contributed by atoms with van der Waals surface area (Å²) in [6.45, 7) is 9.42. The highest BCUT2D eigenvalue weighted by molar-refractivity contribution is 7.22. The van der Waals surface area contributed by atoms with Crippen LogP contribution in [0, 0.1) is 18.3 Å². The second-order valence-electron chi connectivity index (χ2n) is 16.0. The van der Waals surface area contributed by atoms with Gasteiger partial charge in [-0.05, 0) is 148 Å². The molecule has 8 rings (SSSR count). The van der Waals surface area contributed by atoms with E-state index in [2.05, 4.69) is 51.3 Å². The molecule has 1 unspecified atom stereocenters. The van der Waals surface area contributed by atoms with Crippen molar-refractivity contribution in [1.82, 2.24) is 14.9 Å². The lowest BCUT2D eigenvalue weighted by Gasteiger charge is -2.39. The van der Waals surface area contributed by atoms with Crippen LogP contribution in [0.5, 0.6) is 0 Å². The zero-order valence-corrected chi connectivity index (χ0v) is 32.4. The second-order valence-corrected chi connectivity index (χ2v) is 17.0. The van der Waals surface area contributed by atoms with Crippen molar-refractivity contribution >= 4 is 50.0 Å². The van der Waals surface area contributed by atoms with Crippen molar-refractivity contribution in [1.29, 1.82) is 0 Å². The maximum atomic E-state index is 13.6. The van der Waals surface area contributed by atoms with E-state index in [4.69, 9.17) is 4.98 Å². The predicted octanol–water partition coefficient (Wildman–Crippen LogP) is 9.09. The first-order chi connectivity index (χ1) is 26.1. The number of likely N-dealkylation sites (tertiary alicyclic amines) is 1. The molecule has 3 aliphatic rings. The molecule has 2 fully saturated rings. The zero-order chi connectivity index (χ0) is 37.4. The number of ketones is 2. The van der Waals surface area contributed by atoms with Gasteiger partial charge in [0.05, 0.1) is 16.8 Å². The van der Waals surface area contributed by atoms with E-state index in [0.29, 0.717) is 34.9 Å². The van der Waals surface area contributed by atoms with Gasteiger partial charge in [0.25, 0.3) is 5.91 Å². The third kappa shape index (κ3) is 7.62. The number of Topliss-reactive ketones (excluding diaryl/α,β-unsaturated/α-hetero) is 2. The number of rotatable bonds is 10. The van der Waals surface area contributed by atoms with Gasteiger partial charge in [-0.15, -0.1) is 0 Å². The molecule has 54 heavy (non-hydrogen) atoms. The van der Waals surface area contributed by atoms with Gasteiger partial charge >= 0.3 is 0 Å². The Kier molecular flexibility index (Phi) is 10.2. The fourth-order valence-electron chi connectivity index (χ4n) is 9.27. The maximum Gasteiger partial charge on any atom is 0.257 e. The summed E-state index contributed by atoms with van der Waals surface area (Å²) in [7, 11) is 0. The largest absolute Gasteiger partial charge is 0.352 e. The number of aromatic nitrogens is 2. The van der Waals surface area contributed by atoms with E-state index in [1.807, 2.05) is 48.5 Å². The summed E-state index contributed by atoms with van der Waals surface area (Å²) in [5.41, 5.74) is 8.98. The summed E-state index contributed by atoms with van der Waals surface area (Å²) in [5.74, 6) is 1.53. The summed E-state index contributed by atoms with van der Waals surface area (Å²) in [6.07, 6.45) is 9.45. The third-order valence-corrected chi connectivity index (χ3v) is 13.1. The highest BCUT2D eigenvalue weighted by Crippen LogP contribution is 2.50. The van der Waals surface area contributed by atoms with Crippen LogP contribution in [0.1, 0.15) is 95.5 Å². The van der Waals surface area contributed by atoms with Gasteiger partial charge < -0.3 is 4.90 Å². The number of carbonyl (C=O) groups excluding carboxylic acids is 3. The van der Waals surface area contributed by atoms with Crippen LogP contribution in [-0.2, 0) is 24.2 Å². The van der Waals surface area contributed by atoms with Crippen LogP contribution in [0.3, 0.4) is 0 Å². The fourth-order valence-corrected chi connectivity index (χ4v) is 10.1.